The summed E-state index contributed by atoms with van der Waals surface area (Å²) in [5.41, 5.74) is 6.11. The predicted molar refractivity (Wildman–Crippen MR) is 122 cm³/mol. The van der Waals surface area contributed by atoms with Crippen LogP contribution in [0.4, 0.5) is 5.82 Å². The van der Waals surface area contributed by atoms with E-state index in [1.165, 1.54) is 37.6 Å². The van der Waals surface area contributed by atoms with Gasteiger partial charge in [0, 0.05) is 37.2 Å². The minimum absolute atomic E-state index is 0.232. The summed E-state index contributed by atoms with van der Waals surface area (Å²) in [6.07, 6.45) is 11.2. The van der Waals surface area contributed by atoms with E-state index in [1.54, 1.807) is 6.33 Å². The number of hydrogen-bond donors (Lipinski definition) is 2. The maximum absolute atomic E-state index is 9.53. The minimum atomic E-state index is 0.232. The van der Waals surface area contributed by atoms with Gasteiger partial charge in [-0.1, -0.05) is 25.3 Å². The summed E-state index contributed by atoms with van der Waals surface area (Å²) in [4.78, 5) is 19.6. The Kier molecular flexibility index (Phi) is 4.64. The normalized spacial score (nSPS) is 20.3. The summed E-state index contributed by atoms with van der Waals surface area (Å²) in [5, 5.41) is 9.53. The summed E-state index contributed by atoms with van der Waals surface area (Å²) in [7, 11) is 0. The molecule has 0 unspecified atom stereocenters. The van der Waals surface area contributed by atoms with Gasteiger partial charge in [-0.25, -0.2) is 15.0 Å². The maximum Gasteiger partial charge on any atom is 0.160 e. The first-order chi connectivity index (χ1) is 15.3. The van der Waals surface area contributed by atoms with Crippen molar-refractivity contribution in [3.05, 3.63) is 36.9 Å². The van der Waals surface area contributed by atoms with E-state index in [0.717, 1.165) is 53.1 Å². The SMILES string of the molecule is OC[C@H]1CCN(c2cc(-c3ccc4c(c3)ncn4C3CCCCC3)c3nc[nH]c3n2)C1. The molecule has 160 valence electrons. The molecule has 2 aliphatic rings. The number of benzene rings is 1. The molecule has 3 aromatic heterocycles. The highest BCUT2D eigenvalue weighted by molar-refractivity contribution is 5.94. The fourth-order valence-electron chi connectivity index (χ4n) is 5.34. The van der Waals surface area contributed by atoms with E-state index in [0.29, 0.717) is 12.0 Å². The van der Waals surface area contributed by atoms with Crippen LogP contribution in [0.1, 0.15) is 44.6 Å². The molecule has 31 heavy (non-hydrogen) atoms. The topological polar surface area (TPSA) is 82.9 Å². The molecule has 1 aliphatic carbocycles. The molecule has 1 aromatic carbocycles. The molecule has 1 atom stereocenters. The number of hydrogen-bond acceptors (Lipinski definition) is 5. The molecule has 6 rings (SSSR count). The lowest BCUT2D eigenvalue weighted by molar-refractivity contribution is 0.238. The third-order valence-electron chi connectivity index (χ3n) is 7.10. The first-order valence-electron chi connectivity index (χ1n) is 11.5. The predicted octanol–water partition coefficient (Wildman–Crippen LogP) is 4.30. The van der Waals surface area contributed by atoms with Crippen LogP contribution in [0.3, 0.4) is 0 Å². The van der Waals surface area contributed by atoms with E-state index >= 15 is 0 Å². The van der Waals surface area contributed by atoms with E-state index < -0.39 is 0 Å². The highest BCUT2D eigenvalue weighted by Gasteiger charge is 2.24. The van der Waals surface area contributed by atoms with Crippen LogP contribution in [0.15, 0.2) is 36.9 Å². The van der Waals surface area contributed by atoms with E-state index in [4.69, 9.17) is 9.97 Å². The number of nitrogens with zero attached hydrogens (tertiary/aromatic N) is 5. The summed E-state index contributed by atoms with van der Waals surface area (Å²) >= 11 is 0. The molecule has 4 aromatic rings. The van der Waals surface area contributed by atoms with Crippen molar-refractivity contribution in [2.24, 2.45) is 5.92 Å². The summed E-state index contributed by atoms with van der Waals surface area (Å²) in [6.45, 7) is 1.99. The average Bonchev–Trinajstić information content (AvgIpc) is 3.57. The Morgan fingerprint density at radius 1 is 1.06 bits per heavy atom. The zero-order valence-electron chi connectivity index (χ0n) is 17.7. The quantitative estimate of drug-likeness (QED) is 0.518. The van der Waals surface area contributed by atoms with Crippen LogP contribution in [0.5, 0.6) is 0 Å². The molecule has 1 saturated heterocycles. The summed E-state index contributed by atoms with van der Waals surface area (Å²) in [5.74, 6) is 1.26. The van der Waals surface area contributed by atoms with Crippen molar-refractivity contribution in [1.82, 2.24) is 24.5 Å². The third-order valence-corrected chi connectivity index (χ3v) is 7.10. The van der Waals surface area contributed by atoms with Gasteiger partial charge in [0.15, 0.2) is 5.65 Å². The standard InChI is InChI=1S/C24H28N6O/c31-13-16-8-9-29(12-16)22-11-19(23-24(28-22)26-14-25-23)17-6-7-21-20(10-17)27-15-30(21)18-4-2-1-3-5-18/h6-7,10-11,14-16,18,31H,1-5,8-9,12-13H2,(H,25,26,28)/t16-/m0/s1. The molecule has 1 saturated carbocycles. The number of rotatable bonds is 4. The zero-order valence-corrected chi connectivity index (χ0v) is 17.7. The number of nitrogens with one attached hydrogen (secondary N) is 1. The zero-order chi connectivity index (χ0) is 20.8. The van der Waals surface area contributed by atoms with Crippen molar-refractivity contribution in [2.45, 2.75) is 44.6 Å². The van der Waals surface area contributed by atoms with Crippen molar-refractivity contribution in [3.8, 4) is 11.1 Å². The van der Waals surface area contributed by atoms with Crippen molar-refractivity contribution < 1.29 is 5.11 Å². The van der Waals surface area contributed by atoms with Gasteiger partial charge in [-0.15, -0.1) is 0 Å². The van der Waals surface area contributed by atoms with Gasteiger partial charge in [-0.3, -0.25) is 0 Å². The summed E-state index contributed by atoms with van der Waals surface area (Å²) < 4.78 is 2.37. The van der Waals surface area contributed by atoms with Crippen molar-refractivity contribution >= 4 is 28.0 Å². The Bertz CT molecular complexity index is 1220. The smallest absolute Gasteiger partial charge is 0.160 e. The van der Waals surface area contributed by atoms with Gasteiger partial charge in [0.2, 0.25) is 0 Å². The number of fused-ring (bicyclic) bond motifs is 2. The molecule has 2 fully saturated rings. The van der Waals surface area contributed by atoms with Gasteiger partial charge < -0.3 is 19.6 Å². The first kappa shape index (κ1) is 18.8. The Hall–Kier alpha value is -2.93. The van der Waals surface area contributed by atoms with Crippen LogP contribution in [0.25, 0.3) is 33.3 Å². The van der Waals surface area contributed by atoms with Gasteiger partial charge in [0.05, 0.1) is 23.7 Å². The summed E-state index contributed by atoms with van der Waals surface area (Å²) in [6, 6.07) is 9.30. The lowest BCUT2D eigenvalue weighted by Gasteiger charge is -2.23. The van der Waals surface area contributed by atoms with Crippen molar-refractivity contribution in [2.75, 3.05) is 24.6 Å². The number of imidazole rings is 2. The van der Waals surface area contributed by atoms with Gasteiger partial charge in [0.25, 0.3) is 0 Å². The molecule has 1 aliphatic heterocycles. The molecule has 7 nitrogen and oxygen atoms in total. The van der Waals surface area contributed by atoms with Gasteiger partial charge >= 0.3 is 0 Å². The number of pyridine rings is 1. The van der Waals surface area contributed by atoms with E-state index in [9.17, 15) is 5.11 Å². The molecule has 0 radical (unpaired) electrons. The molecule has 0 spiro atoms. The van der Waals surface area contributed by atoms with Gasteiger partial charge in [-0.05, 0) is 43.0 Å². The Morgan fingerprint density at radius 3 is 2.81 bits per heavy atom. The second-order valence-electron chi connectivity index (χ2n) is 9.06. The van der Waals surface area contributed by atoms with Crippen LogP contribution < -0.4 is 4.90 Å². The Balaban J connectivity index is 1.40. The average molecular weight is 417 g/mol. The van der Waals surface area contributed by atoms with Gasteiger partial charge in [0.1, 0.15) is 11.3 Å². The molecule has 2 N–H and O–H groups in total. The second kappa shape index (κ2) is 7.64. The molecule has 4 heterocycles. The van der Waals surface area contributed by atoms with E-state index in [1.807, 2.05) is 6.33 Å². The van der Waals surface area contributed by atoms with Crippen LogP contribution in [-0.4, -0.2) is 49.3 Å². The number of aromatic nitrogens is 5. The highest BCUT2D eigenvalue weighted by atomic mass is 16.3. The van der Waals surface area contributed by atoms with Crippen molar-refractivity contribution in [1.29, 1.82) is 0 Å². The lowest BCUT2D eigenvalue weighted by atomic mass is 9.95. The highest BCUT2D eigenvalue weighted by Crippen LogP contribution is 2.35. The third kappa shape index (κ3) is 3.28. The number of H-pyrrole nitrogens is 1. The molecular weight excluding hydrogens is 388 g/mol. The number of aromatic amines is 1. The fraction of sp³-hybridized carbons (Fsp3) is 0.458. The van der Waals surface area contributed by atoms with Crippen molar-refractivity contribution in [3.63, 3.8) is 0 Å². The van der Waals surface area contributed by atoms with Crippen LogP contribution in [0, 0.1) is 5.92 Å². The van der Waals surface area contributed by atoms with Crippen LogP contribution >= 0.6 is 0 Å². The largest absolute Gasteiger partial charge is 0.396 e. The number of anilines is 1. The molecule has 0 amide bonds. The Labute approximate surface area is 181 Å². The molecule has 0 bridgehead atoms. The molecular formula is C24H28N6O. The van der Waals surface area contributed by atoms with Gasteiger partial charge in [-0.2, -0.15) is 0 Å². The molecule has 7 heteroatoms. The minimum Gasteiger partial charge on any atom is -0.396 e. The maximum atomic E-state index is 9.53. The number of aliphatic hydroxyl groups excluding tert-OH is 1. The number of aliphatic hydroxyl groups is 1. The van der Waals surface area contributed by atoms with Crippen LogP contribution in [0.2, 0.25) is 0 Å². The first-order valence-corrected chi connectivity index (χ1v) is 11.5. The Morgan fingerprint density at radius 2 is 1.97 bits per heavy atom. The lowest BCUT2D eigenvalue weighted by Crippen LogP contribution is -2.21. The van der Waals surface area contributed by atoms with E-state index in [-0.39, 0.29) is 6.61 Å². The van der Waals surface area contributed by atoms with E-state index in [2.05, 4.69) is 43.7 Å². The fourth-order valence-corrected chi connectivity index (χ4v) is 5.34. The van der Waals surface area contributed by atoms with Crippen LogP contribution in [-0.2, 0) is 0 Å². The monoisotopic (exact) mass is 416 g/mol. The second-order valence-corrected chi connectivity index (χ2v) is 9.06.